The van der Waals surface area contributed by atoms with Gasteiger partial charge in [-0.25, -0.2) is 0 Å². The van der Waals surface area contributed by atoms with Gasteiger partial charge < -0.3 is 5.11 Å². The van der Waals surface area contributed by atoms with Crippen LogP contribution in [0.1, 0.15) is 95.6 Å². The van der Waals surface area contributed by atoms with Crippen LogP contribution < -0.4 is 0 Å². The molecule has 2 rings (SSSR count). The summed E-state index contributed by atoms with van der Waals surface area (Å²) < 4.78 is 0. The van der Waals surface area contributed by atoms with Gasteiger partial charge in [-0.1, -0.05) is 120 Å². The summed E-state index contributed by atoms with van der Waals surface area (Å²) in [4.78, 5) is 11.4. The molecule has 0 aliphatic heterocycles. The molecule has 160 valence electrons. The number of aliphatic carboxylic acids is 1. The molecule has 1 aliphatic rings. The van der Waals surface area contributed by atoms with Crippen molar-refractivity contribution < 1.29 is 9.90 Å². The van der Waals surface area contributed by atoms with Crippen molar-refractivity contribution in [2.75, 3.05) is 0 Å². The number of hydrogen-bond acceptors (Lipinski definition) is 1. The minimum Gasteiger partial charge on any atom is -0.481 e. The van der Waals surface area contributed by atoms with Crippen molar-refractivity contribution in [3.05, 3.63) is 59.7 Å². The lowest BCUT2D eigenvalue weighted by atomic mass is 9.70. The highest BCUT2D eigenvalue weighted by Crippen LogP contribution is 2.39. The minimum atomic E-state index is -0.766. The zero-order valence-corrected chi connectivity index (χ0v) is 18.5. The molecule has 0 saturated carbocycles. The highest BCUT2D eigenvalue weighted by Gasteiger charge is 2.31. The molecule has 1 aromatic carbocycles. The van der Waals surface area contributed by atoms with Gasteiger partial charge in [-0.2, -0.15) is 0 Å². The lowest BCUT2D eigenvalue weighted by Gasteiger charge is -2.33. The first kappa shape index (κ1) is 23.4. The zero-order valence-electron chi connectivity index (χ0n) is 18.5. The first-order chi connectivity index (χ1) is 14.1. The molecule has 0 aromatic heterocycles. The Morgan fingerprint density at radius 2 is 1.45 bits per heavy atom. The molecule has 0 saturated heterocycles. The van der Waals surface area contributed by atoms with Crippen molar-refractivity contribution in [1.82, 2.24) is 0 Å². The third-order valence-corrected chi connectivity index (χ3v) is 6.25. The van der Waals surface area contributed by atoms with Crippen molar-refractivity contribution in [2.24, 2.45) is 5.92 Å². The molecule has 2 heteroatoms. The van der Waals surface area contributed by atoms with Crippen LogP contribution in [0.4, 0.5) is 0 Å². The van der Waals surface area contributed by atoms with Crippen LogP contribution in [0.3, 0.4) is 0 Å². The van der Waals surface area contributed by atoms with Crippen LogP contribution in [0.25, 0.3) is 0 Å². The van der Waals surface area contributed by atoms with Crippen LogP contribution in [0.2, 0.25) is 0 Å². The van der Waals surface area contributed by atoms with Gasteiger partial charge in [0.15, 0.2) is 0 Å². The molecule has 0 bridgehead atoms. The number of carboxylic acids is 1. The Bertz CT molecular complexity index is 657. The van der Waals surface area contributed by atoms with Gasteiger partial charge in [0.25, 0.3) is 0 Å². The summed E-state index contributed by atoms with van der Waals surface area (Å²) in [6.07, 6.45) is 23.0. The third-order valence-electron chi connectivity index (χ3n) is 6.25. The number of aryl methyl sites for hydroxylation is 1. The number of hydrogen-bond donors (Lipinski definition) is 1. The Morgan fingerprint density at radius 1 is 0.862 bits per heavy atom. The van der Waals surface area contributed by atoms with Gasteiger partial charge in [-0.15, -0.1) is 0 Å². The first-order valence-corrected chi connectivity index (χ1v) is 11.8. The van der Waals surface area contributed by atoms with Crippen LogP contribution in [-0.4, -0.2) is 11.1 Å². The molecule has 1 aromatic rings. The monoisotopic (exact) mass is 396 g/mol. The maximum atomic E-state index is 11.4. The topological polar surface area (TPSA) is 37.3 Å². The van der Waals surface area contributed by atoms with E-state index in [1.54, 1.807) is 0 Å². The molecule has 0 heterocycles. The van der Waals surface area contributed by atoms with Gasteiger partial charge in [-0.3, -0.25) is 4.79 Å². The van der Waals surface area contributed by atoms with Gasteiger partial charge in [0.2, 0.25) is 0 Å². The van der Waals surface area contributed by atoms with Crippen molar-refractivity contribution in [3.63, 3.8) is 0 Å². The smallest absolute Gasteiger partial charge is 0.314 e. The number of rotatable bonds is 14. The van der Waals surface area contributed by atoms with Crippen molar-refractivity contribution >= 4 is 5.97 Å². The Kier molecular flexibility index (Phi) is 10.2. The first-order valence-electron chi connectivity index (χ1n) is 11.8. The molecule has 0 radical (unpaired) electrons. The fraction of sp³-hybridized carbons (Fsp3) is 0.593. The number of benzene rings is 1. The average Bonchev–Trinajstić information content (AvgIpc) is 2.74. The summed E-state index contributed by atoms with van der Waals surface area (Å²) in [6.45, 7) is 4.50. The van der Waals surface area contributed by atoms with E-state index in [4.69, 9.17) is 0 Å². The highest BCUT2D eigenvalue weighted by molar-refractivity contribution is 5.75. The summed E-state index contributed by atoms with van der Waals surface area (Å²) in [7, 11) is 0. The van der Waals surface area contributed by atoms with E-state index in [9.17, 15) is 9.90 Å². The summed E-state index contributed by atoms with van der Waals surface area (Å²) >= 11 is 0. The minimum absolute atomic E-state index is 0.155. The van der Waals surface area contributed by atoms with Gasteiger partial charge in [0, 0.05) is 5.41 Å². The maximum Gasteiger partial charge on any atom is 0.314 e. The van der Waals surface area contributed by atoms with E-state index >= 15 is 0 Å². The number of allylic oxidation sites excluding steroid dienone is 2. The van der Waals surface area contributed by atoms with E-state index in [0.29, 0.717) is 0 Å². The largest absolute Gasteiger partial charge is 0.481 e. The van der Waals surface area contributed by atoms with E-state index in [0.717, 1.165) is 12.8 Å². The molecule has 29 heavy (non-hydrogen) atoms. The summed E-state index contributed by atoms with van der Waals surface area (Å²) in [5.41, 5.74) is 2.65. The van der Waals surface area contributed by atoms with E-state index in [1.807, 2.05) is 12.2 Å². The Morgan fingerprint density at radius 3 is 2.07 bits per heavy atom. The normalized spacial score (nSPS) is 20.8. The van der Waals surface area contributed by atoms with Crippen molar-refractivity contribution in [3.8, 4) is 0 Å². The number of carboxylic acid groups (broad SMARTS) is 1. The fourth-order valence-corrected chi connectivity index (χ4v) is 4.45. The van der Waals surface area contributed by atoms with Gasteiger partial charge in [-0.05, 0) is 30.4 Å². The molecule has 2 nitrogen and oxygen atoms in total. The van der Waals surface area contributed by atoms with Crippen LogP contribution in [0.15, 0.2) is 48.6 Å². The third kappa shape index (κ3) is 7.17. The Balaban J connectivity index is 2.17. The van der Waals surface area contributed by atoms with Crippen molar-refractivity contribution in [1.29, 1.82) is 0 Å². The van der Waals surface area contributed by atoms with Crippen LogP contribution in [0, 0.1) is 5.92 Å². The molecular formula is C27H40O2. The molecule has 1 N–H and O–H groups in total. The lowest BCUT2D eigenvalue weighted by molar-refractivity contribution is -0.138. The second-order valence-corrected chi connectivity index (χ2v) is 8.61. The van der Waals surface area contributed by atoms with E-state index < -0.39 is 11.9 Å². The molecular weight excluding hydrogens is 356 g/mol. The van der Waals surface area contributed by atoms with Crippen LogP contribution in [-0.2, 0) is 16.6 Å². The SMILES string of the molecule is CCCCCCCc1ccccc1C1(CCCCCCC)C=CC(C(=O)O)C=C1. The zero-order chi connectivity index (χ0) is 21.0. The average molecular weight is 397 g/mol. The van der Waals surface area contributed by atoms with Crippen LogP contribution >= 0.6 is 0 Å². The summed E-state index contributed by atoms with van der Waals surface area (Å²) in [6, 6.07) is 8.83. The van der Waals surface area contributed by atoms with Crippen molar-refractivity contribution in [2.45, 2.75) is 96.3 Å². The van der Waals surface area contributed by atoms with E-state index in [-0.39, 0.29) is 5.41 Å². The quantitative estimate of drug-likeness (QED) is 0.259. The van der Waals surface area contributed by atoms with E-state index in [2.05, 4.69) is 50.3 Å². The highest BCUT2D eigenvalue weighted by atomic mass is 16.4. The van der Waals surface area contributed by atoms with Gasteiger partial charge in [0.05, 0.1) is 5.92 Å². The van der Waals surface area contributed by atoms with Crippen LogP contribution in [0.5, 0.6) is 0 Å². The maximum absolute atomic E-state index is 11.4. The fourth-order valence-electron chi connectivity index (χ4n) is 4.45. The predicted octanol–water partition coefficient (Wildman–Crippen LogP) is 7.62. The summed E-state index contributed by atoms with van der Waals surface area (Å²) in [5.74, 6) is -1.26. The second-order valence-electron chi connectivity index (χ2n) is 8.61. The van der Waals surface area contributed by atoms with E-state index in [1.165, 1.54) is 75.3 Å². The standard InChI is InChI=1S/C27H40O2/c1-3-5-7-9-11-15-23-16-12-13-17-25(23)27(20-14-10-8-6-4-2)21-18-24(19-22-27)26(28)29/h12-13,16-19,21-22,24H,3-11,14-15,20H2,1-2H3,(H,28,29). The lowest BCUT2D eigenvalue weighted by Crippen LogP contribution is -2.27. The molecule has 1 aliphatic carbocycles. The Hall–Kier alpha value is -1.83. The summed E-state index contributed by atoms with van der Waals surface area (Å²) in [5, 5.41) is 9.39. The molecule has 0 atom stereocenters. The Labute approximate surface area is 178 Å². The van der Waals surface area contributed by atoms with Gasteiger partial charge in [0.1, 0.15) is 0 Å². The number of unbranched alkanes of at least 4 members (excludes halogenated alkanes) is 8. The molecule has 0 spiro atoms. The molecule has 0 fully saturated rings. The number of carbonyl (C=O) groups is 1. The second kappa shape index (κ2) is 12.7. The predicted molar refractivity (Wildman–Crippen MR) is 123 cm³/mol. The molecule has 0 amide bonds. The van der Waals surface area contributed by atoms with Gasteiger partial charge >= 0.3 is 5.97 Å². The molecule has 0 unspecified atom stereocenters.